The van der Waals surface area contributed by atoms with Gasteiger partial charge in [0.05, 0.1) is 41.4 Å². The lowest BCUT2D eigenvalue weighted by molar-refractivity contribution is -0.384. The number of carbonyl (C=O) groups excluding carboxylic acids is 1. The number of carbonyl (C=O) groups is 1. The average molecular weight is 506 g/mol. The van der Waals surface area contributed by atoms with Crippen molar-refractivity contribution >= 4 is 28.5 Å². The number of hydrogen-bond donors (Lipinski definition) is 1. The Morgan fingerprint density at radius 2 is 2.06 bits per heavy atom. The Bertz CT molecular complexity index is 1330. The van der Waals surface area contributed by atoms with Gasteiger partial charge in [-0.15, -0.1) is 11.3 Å². The van der Waals surface area contributed by atoms with Crippen molar-refractivity contribution in [1.82, 2.24) is 4.90 Å². The summed E-state index contributed by atoms with van der Waals surface area (Å²) in [4.78, 5) is 30.4. The van der Waals surface area contributed by atoms with Crippen LogP contribution in [0.25, 0.3) is 0 Å². The Balaban J connectivity index is 1.60. The van der Waals surface area contributed by atoms with Crippen LogP contribution >= 0.6 is 11.3 Å². The minimum atomic E-state index is -0.533. The van der Waals surface area contributed by atoms with E-state index < -0.39 is 10.8 Å². The molecule has 3 aliphatic rings. The van der Waals surface area contributed by atoms with Gasteiger partial charge in [-0.05, 0) is 37.5 Å². The first kappa shape index (κ1) is 24.2. The number of ketones is 1. The van der Waals surface area contributed by atoms with Gasteiger partial charge in [-0.3, -0.25) is 24.7 Å². The van der Waals surface area contributed by atoms with E-state index in [0.29, 0.717) is 36.1 Å². The molecule has 0 spiro atoms. The summed E-state index contributed by atoms with van der Waals surface area (Å²) in [6.07, 6.45) is 1.67. The molecular formula is C26H27N5O4S. The number of nitrogens with zero attached hydrogens (tertiary/aromatic N) is 4. The van der Waals surface area contributed by atoms with E-state index in [1.54, 1.807) is 28.4 Å². The highest BCUT2D eigenvalue weighted by molar-refractivity contribution is 7.12. The molecule has 3 heterocycles. The van der Waals surface area contributed by atoms with Crippen molar-refractivity contribution < 1.29 is 14.5 Å². The normalized spacial score (nSPS) is 20.9. The maximum Gasteiger partial charge on any atom is 0.271 e. The molecular weight excluding hydrogens is 478 g/mol. The van der Waals surface area contributed by atoms with Crippen LogP contribution in [-0.4, -0.2) is 41.9 Å². The van der Waals surface area contributed by atoms with Crippen LogP contribution in [0.4, 0.5) is 11.4 Å². The first-order valence-corrected chi connectivity index (χ1v) is 12.8. The predicted molar refractivity (Wildman–Crippen MR) is 136 cm³/mol. The third kappa shape index (κ3) is 4.30. The topological polar surface area (TPSA) is 126 Å². The first-order chi connectivity index (χ1) is 17.4. The number of hydrogen-bond acceptors (Lipinski definition) is 9. The number of nitrogens with two attached hydrogens (primary N) is 1. The van der Waals surface area contributed by atoms with Gasteiger partial charge in [0.1, 0.15) is 5.82 Å². The van der Waals surface area contributed by atoms with Crippen molar-refractivity contribution in [3.63, 3.8) is 0 Å². The van der Waals surface area contributed by atoms with Gasteiger partial charge in [0, 0.05) is 59.2 Å². The molecule has 1 aliphatic carbocycles. The van der Waals surface area contributed by atoms with Gasteiger partial charge in [0.15, 0.2) is 5.78 Å². The number of anilines is 1. The fourth-order valence-electron chi connectivity index (χ4n) is 5.26. The molecule has 2 aromatic rings. The number of Topliss-reactive ketones (excluding diaryl/α,β-unsaturated/α-hetero) is 1. The number of thiophene rings is 1. The van der Waals surface area contributed by atoms with Crippen molar-refractivity contribution in [2.24, 2.45) is 5.73 Å². The Hall–Kier alpha value is -3.52. The zero-order valence-corrected chi connectivity index (χ0v) is 20.8. The number of ether oxygens (including phenoxy) is 1. The zero-order chi connectivity index (χ0) is 25.4. The highest BCUT2D eigenvalue weighted by atomic mass is 32.1. The maximum atomic E-state index is 13.4. The highest BCUT2D eigenvalue weighted by Gasteiger charge is 2.41. The van der Waals surface area contributed by atoms with E-state index in [1.165, 1.54) is 17.7 Å². The number of benzene rings is 1. The third-order valence-electron chi connectivity index (χ3n) is 7.03. The summed E-state index contributed by atoms with van der Waals surface area (Å²) in [6, 6.07) is 10.5. The van der Waals surface area contributed by atoms with Gasteiger partial charge >= 0.3 is 0 Å². The molecule has 5 rings (SSSR count). The average Bonchev–Trinajstić information content (AvgIpc) is 3.23. The van der Waals surface area contributed by atoms with Crippen LogP contribution in [0.15, 0.2) is 53.0 Å². The predicted octanol–water partition coefficient (Wildman–Crippen LogP) is 4.10. The van der Waals surface area contributed by atoms with E-state index in [2.05, 4.69) is 24.0 Å². The Kier molecular flexibility index (Phi) is 6.62. The molecule has 186 valence electrons. The number of nitro benzene ring substituents is 1. The van der Waals surface area contributed by atoms with Crippen molar-refractivity contribution in [3.8, 4) is 6.07 Å². The fraction of sp³-hybridized carbons (Fsp3) is 0.385. The van der Waals surface area contributed by atoms with Crippen molar-refractivity contribution in [2.45, 2.75) is 38.6 Å². The zero-order valence-electron chi connectivity index (χ0n) is 20.0. The van der Waals surface area contributed by atoms with Crippen LogP contribution in [0, 0.1) is 28.4 Å². The van der Waals surface area contributed by atoms with E-state index >= 15 is 0 Å². The summed E-state index contributed by atoms with van der Waals surface area (Å²) < 4.78 is 5.47. The molecule has 10 heteroatoms. The van der Waals surface area contributed by atoms with Crippen molar-refractivity contribution in [1.29, 1.82) is 5.26 Å². The molecule has 36 heavy (non-hydrogen) atoms. The molecule has 2 aliphatic heterocycles. The first-order valence-electron chi connectivity index (χ1n) is 12.0. The van der Waals surface area contributed by atoms with Crippen LogP contribution in [-0.2, 0) is 16.1 Å². The maximum absolute atomic E-state index is 13.4. The summed E-state index contributed by atoms with van der Waals surface area (Å²) in [5.41, 5.74) is 9.81. The summed E-state index contributed by atoms with van der Waals surface area (Å²) in [5, 5.41) is 21.6. The molecule has 0 amide bonds. The minimum absolute atomic E-state index is 0.00212. The molecule has 1 fully saturated rings. The van der Waals surface area contributed by atoms with Crippen LogP contribution in [0.3, 0.4) is 0 Å². The fourth-order valence-corrected chi connectivity index (χ4v) is 6.42. The number of rotatable bonds is 5. The number of non-ortho nitro benzene ring substituents is 1. The molecule has 0 radical (unpaired) electrons. The molecule has 1 aromatic heterocycles. The molecule has 9 nitrogen and oxygen atoms in total. The minimum Gasteiger partial charge on any atom is -0.384 e. The van der Waals surface area contributed by atoms with Crippen LogP contribution in [0.1, 0.15) is 40.5 Å². The number of aryl methyl sites for hydroxylation is 1. The summed E-state index contributed by atoms with van der Waals surface area (Å²) in [7, 11) is 0. The summed E-state index contributed by atoms with van der Waals surface area (Å²) in [6.45, 7) is 6.04. The van der Waals surface area contributed by atoms with E-state index in [9.17, 15) is 20.2 Å². The van der Waals surface area contributed by atoms with Gasteiger partial charge in [0.25, 0.3) is 5.69 Å². The molecule has 1 aromatic carbocycles. The number of morpholine rings is 1. The van der Waals surface area contributed by atoms with Gasteiger partial charge in [-0.1, -0.05) is 6.07 Å². The summed E-state index contributed by atoms with van der Waals surface area (Å²) in [5.74, 6) is -0.315. The van der Waals surface area contributed by atoms with Gasteiger partial charge < -0.3 is 10.5 Å². The summed E-state index contributed by atoms with van der Waals surface area (Å²) >= 11 is 1.60. The Morgan fingerprint density at radius 3 is 2.78 bits per heavy atom. The van der Waals surface area contributed by atoms with E-state index in [4.69, 9.17) is 10.5 Å². The SMILES string of the molecule is Cc1sc([C@H]2C(C#N)=C(N)N(c3cccc([N+](=O)[O-])c3)C3=C2C(=O)CCC3)cc1CN1CCOCC1. The lowest BCUT2D eigenvalue weighted by atomic mass is 9.78. The molecule has 0 saturated carbocycles. The van der Waals surface area contributed by atoms with Gasteiger partial charge in [-0.2, -0.15) is 5.26 Å². The second kappa shape index (κ2) is 9.85. The highest BCUT2D eigenvalue weighted by Crippen LogP contribution is 2.48. The number of nitriles is 1. The van der Waals surface area contributed by atoms with Crippen LogP contribution in [0.5, 0.6) is 0 Å². The van der Waals surface area contributed by atoms with Gasteiger partial charge in [0.2, 0.25) is 0 Å². The molecule has 1 saturated heterocycles. The van der Waals surface area contributed by atoms with Gasteiger partial charge in [-0.25, -0.2) is 0 Å². The van der Waals surface area contributed by atoms with E-state index in [0.717, 1.165) is 48.3 Å². The second-order valence-corrected chi connectivity index (χ2v) is 10.5. The largest absolute Gasteiger partial charge is 0.384 e. The smallest absolute Gasteiger partial charge is 0.271 e. The third-order valence-corrected chi connectivity index (χ3v) is 8.19. The number of allylic oxidation sites excluding steroid dienone is 3. The van der Waals surface area contributed by atoms with Crippen LogP contribution < -0.4 is 10.6 Å². The second-order valence-electron chi connectivity index (χ2n) is 9.21. The quantitative estimate of drug-likeness (QED) is 0.475. The lowest BCUT2D eigenvalue weighted by Gasteiger charge is -2.39. The standard InChI is InChI=1S/C26H27N5O4S/c1-16-17(15-29-8-10-35-11-9-29)12-23(36-16)24-20(14-27)26(28)30(21-6-3-7-22(32)25(21)24)18-4-2-5-19(13-18)31(33)34/h2,4-5,12-13,24H,3,6-11,15,28H2,1H3/t24-/m1/s1. The van der Waals surface area contributed by atoms with Crippen molar-refractivity contribution in [3.05, 3.63) is 78.4 Å². The molecule has 0 bridgehead atoms. The molecule has 1 atom stereocenters. The monoisotopic (exact) mass is 505 g/mol. The van der Waals surface area contributed by atoms with E-state index in [-0.39, 0.29) is 17.3 Å². The Labute approximate surface area is 213 Å². The van der Waals surface area contributed by atoms with E-state index in [1.807, 2.05) is 0 Å². The Morgan fingerprint density at radius 1 is 1.28 bits per heavy atom. The number of nitro groups is 1. The van der Waals surface area contributed by atoms with Crippen molar-refractivity contribution in [2.75, 3.05) is 31.2 Å². The molecule has 2 N–H and O–H groups in total. The molecule has 0 unspecified atom stereocenters. The van der Waals surface area contributed by atoms with Crippen LogP contribution in [0.2, 0.25) is 0 Å². The lowest BCUT2D eigenvalue weighted by Crippen LogP contribution is -2.38.